The maximum absolute atomic E-state index is 12.0. The highest BCUT2D eigenvalue weighted by molar-refractivity contribution is 5.67. The molecule has 1 heterocycles. The number of ether oxygens (including phenoxy) is 2. The van der Waals surface area contributed by atoms with Crippen LogP contribution in [0.5, 0.6) is 0 Å². The summed E-state index contributed by atoms with van der Waals surface area (Å²) in [7, 11) is 0. The summed E-state index contributed by atoms with van der Waals surface area (Å²) in [4.78, 5) is 13.7. The molecule has 20 heavy (non-hydrogen) atoms. The van der Waals surface area contributed by atoms with Crippen molar-refractivity contribution in [1.29, 1.82) is 0 Å². The zero-order valence-corrected chi connectivity index (χ0v) is 11.9. The van der Waals surface area contributed by atoms with Gasteiger partial charge in [0.05, 0.1) is 19.3 Å². The molecule has 0 saturated carbocycles. The topological polar surface area (TPSA) is 50.8 Å². The standard InChI is InChI=1S/C15H22N2O3/c1-2-16-10-14-11-17(8-9-19-14)15(18)20-12-13-6-4-3-5-7-13/h3-7,14,16H,2,8-12H2,1H3. The minimum Gasteiger partial charge on any atom is -0.445 e. The second-order valence-electron chi connectivity index (χ2n) is 4.79. The van der Waals surface area contributed by atoms with E-state index in [2.05, 4.69) is 12.2 Å². The number of likely N-dealkylation sites (N-methyl/N-ethyl adjacent to an activating group) is 1. The highest BCUT2D eigenvalue weighted by atomic mass is 16.6. The van der Waals surface area contributed by atoms with Crippen molar-refractivity contribution < 1.29 is 14.3 Å². The predicted octanol–water partition coefficient (Wildman–Crippen LogP) is 1.63. The zero-order chi connectivity index (χ0) is 14.2. The van der Waals surface area contributed by atoms with Crippen molar-refractivity contribution in [2.24, 2.45) is 0 Å². The Morgan fingerprint density at radius 1 is 1.45 bits per heavy atom. The van der Waals surface area contributed by atoms with Crippen molar-refractivity contribution in [2.45, 2.75) is 19.6 Å². The zero-order valence-electron chi connectivity index (χ0n) is 11.9. The second-order valence-corrected chi connectivity index (χ2v) is 4.79. The third kappa shape index (κ3) is 4.51. The van der Waals surface area contributed by atoms with Crippen LogP contribution in [0.2, 0.25) is 0 Å². The van der Waals surface area contributed by atoms with Gasteiger partial charge in [0, 0.05) is 13.1 Å². The Hall–Kier alpha value is -1.59. The first-order chi connectivity index (χ1) is 9.79. The van der Waals surface area contributed by atoms with Gasteiger partial charge in [0.25, 0.3) is 0 Å². The summed E-state index contributed by atoms with van der Waals surface area (Å²) in [6, 6.07) is 9.70. The third-order valence-electron chi connectivity index (χ3n) is 3.22. The largest absolute Gasteiger partial charge is 0.445 e. The van der Waals surface area contributed by atoms with Crippen molar-refractivity contribution in [3.05, 3.63) is 35.9 Å². The van der Waals surface area contributed by atoms with Crippen LogP contribution < -0.4 is 5.32 Å². The molecule has 0 aromatic heterocycles. The molecule has 2 rings (SSSR count). The minimum absolute atomic E-state index is 0.0491. The highest BCUT2D eigenvalue weighted by Gasteiger charge is 2.24. The average Bonchev–Trinajstić information content (AvgIpc) is 2.52. The van der Waals surface area contributed by atoms with Gasteiger partial charge in [-0.3, -0.25) is 0 Å². The molecular formula is C15H22N2O3. The molecular weight excluding hydrogens is 256 g/mol. The molecule has 1 unspecified atom stereocenters. The number of amides is 1. The number of hydrogen-bond donors (Lipinski definition) is 1. The smallest absolute Gasteiger partial charge is 0.410 e. The predicted molar refractivity (Wildman–Crippen MR) is 76.5 cm³/mol. The normalized spacial score (nSPS) is 18.9. The van der Waals surface area contributed by atoms with Crippen molar-refractivity contribution in [3.63, 3.8) is 0 Å². The van der Waals surface area contributed by atoms with Gasteiger partial charge in [-0.25, -0.2) is 4.79 Å². The van der Waals surface area contributed by atoms with E-state index in [4.69, 9.17) is 9.47 Å². The second kappa shape index (κ2) is 7.87. The van der Waals surface area contributed by atoms with Gasteiger partial charge in [0.1, 0.15) is 6.61 Å². The van der Waals surface area contributed by atoms with E-state index >= 15 is 0 Å². The van der Waals surface area contributed by atoms with E-state index < -0.39 is 0 Å². The lowest BCUT2D eigenvalue weighted by atomic mass is 10.2. The van der Waals surface area contributed by atoms with Crippen LogP contribution in [0.3, 0.4) is 0 Å². The quantitative estimate of drug-likeness (QED) is 0.889. The Morgan fingerprint density at radius 3 is 3.00 bits per heavy atom. The highest BCUT2D eigenvalue weighted by Crippen LogP contribution is 2.08. The van der Waals surface area contributed by atoms with Crippen LogP contribution in [0.15, 0.2) is 30.3 Å². The van der Waals surface area contributed by atoms with E-state index in [1.807, 2.05) is 30.3 Å². The number of benzene rings is 1. The molecule has 1 fully saturated rings. The Kier molecular flexibility index (Phi) is 5.83. The Morgan fingerprint density at radius 2 is 2.25 bits per heavy atom. The van der Waals surface area contributed by atoms with Gasteiger partial charge < -0.3 is 19.7 Å². The van der Waals surface area contributed by atoms with E-state index in [0.717, 1.165) is 18.7 Å². The van der Waals surface area contributed by atoms with Gasteiger partial charge in [-0.1, -0.05) is 37.3 Å². The fourth-order valence-corrected chi connectivity index (χ4v) is 2.12. The molecule has 0 radical (unpaired) electrons. The van der Waals surface area contributed by atoms with E-state index in [1.165, 1.54) is 0 Å². The fraction of sp³-hybridized carbons (Fsp3) is 0.533. The van der Waals surface area contributed by atoms with Crippen LogP contribution >= 0.6 is 0 Å². The van der Waals surface area contributed by atoms with Crippen LogP contribution in [0.1, 0.15) is 12.5 Å². The van der Waals surface area contributed by atoms with Crippen molar-refractivity contribution >= 4 is 6.09 Å². The molecule has 0 spiro atoms. The summed E-state index contributed by atoms with van der Waals surface area (Å²) < 4.78 is 10.9. The van der Waals surface area contributed by atoms with Crippen molar-refractivity contribution in [3.8, 4) is 0 Å². The van der Waals surface area contributed by atoms with Gasteiger partial charge >= 0.3 is 6.09 Å². The first-order valence-electron chi connectivity index (χ1n) is 7.07. The van der Waals surface area contributed by atoms with Gasteiger partial charge in [-0.2, -0.15) is 0 Å². The molecule has 110 valence electrons. The fourth-order valence-electron chi connectivity index (χ4n) is 2.12. The Labute approximate surface area is 119 Å². The summed E-state index contributed by atoms with van der Waals surface area (Å²) in [5, 5.41) is 3.23. The van der Waals surface area contributed by atoms with Crippen LogP contribution in [-0.2, 0) is 16.1 Å². The Bertz CT molecular complexity index is 411. The SMILES string of the molecule is CCNCC1CN(C(=O)OCc2ccccc2)CCO1. The molecule has 0 aliphatic carbocycles. The van der Waals surface area contributed by atoms with Gasteiger partial charge in [-0.05, 0) is 12.1 Å². The molecule has 1 amide bonds. The maximum atomic E-state index is 12.0. The number of morpholine rings is 1. The number of nitrogens with zero attached hydrogens (tertiary/aromatic N) is 1. The number of hydrogen-bond acceptors (Lipinski definition) is 4. The van der Waals surface area contributed by atoms with E-state index in [0.29, 0.717) is 26.3 Å². The summed E-state index contributed by atoms with van der Waals surface area (Å²) in [5.74, 6) is 0. The van der Waals surface area contributed by atoms with E-state index in [-0.39, 0.29) is 12.2 Å². The van der Waals surface area contributed by atoms with Crippen LogP contribution in [0.4, 0.5) is 4.79 Å². The van der Waals surface area contributed by atoms with Crippen LogP contribution in [0, 0.1) is 0 Å². The first-order valence-corrected chi connectivity index (χ1v) is 7.07. The Balaban J connectivity index is 1.77. The lowest BCUT2D eigenvalue weighted by Gasteiger charge is -2.32. The number of nitrogens with one attached hydrogen (secondary N) is 1. The van der Waals surface area contributed by atoms with E-state index in [1.54, 1.807) is 4.90 Å². The summed E-state index contributed by atoms with van der Waals surface area (Å²) in [6.45, 7) is 5.77. The first kappa shape index (κ1) is 14.8. The lowest BCUT2D eigenvalue weighted by molar-refractivity contribution is -0.0268. The molecule has 5 nitrogen and oxygen atoms in total. The van der Waals surface area contributed by atoms with E-state index in [9.17, 15) is 4.79 Å². The third-order valence-corrected chi connectivity index (χ3v) is 3.22. The molecule has 1 atom stereocenters. The number of carbonyl (C=O) groups excluding carboxylic acids is 1. The van der Waals surface area contributed by atoms with Crippen LogP contribution in [0.25, 0.3) is 0 Å². The molecule has 5 heteroatoms. The number of carbonyl (C=O) groups is 1. The van der Waals surface area contributed by atoms with Crippen molar-refractivity contribution in [1.82, 2.24) is 10.2 Å². The van der Waals surface area contributed by atoms with Gasteiger partial charge in [0.15, 0.2) is 0 Å². The lowest BCUT2D eigenvalue weighted by Crippen LogP contribution is -2.49. The summed E-state index contributed by atoms with van der Waals surface area (Å²) in [6.07, 6.45) is -0.216. The molecule has 1 saturated heterocycles. The molecule has 1 aromatic rings. The summed E-state index contributed by atoms with van der Waals surface area (Å²) in [5.41, 5.74) is 0.998. The average molecular weight is 278 g/mol. The molecule has 1 aliphatic rings. The van der Waals surface area contributed by atoms with Gasteiger partial charge in [0.2, 0.25) is 0 Å². The molecule has 0 bridgehead atoms. The summed E-state index contributed by atoms with van der Waals surface area (Å²) >= 11 is 0. The molecule has 1 N–H and O–H groups in total. The molecule has 1 aromatic carbocycles. The minimum atomic E-state index is -0.265. The van der Waals surface area contributed by atoms with Gasteiger partial charge in [-0.15, -0.1) is 0 Å². The number of rotatable bonds is 5. The van der Waals surface area contributed by atoms with Crippen molar-refractivity contribution in [2.75, 3.05) is 32.8 Å². The molecule has 1 aliphatic heterocycles. The monoisotopic (exact) mass is 278 g/mol. The van der Waals surface area contributed by atoms with Crippen LogP contribution in [-0.4, -0.2) is 49.9 Å². The maximum Gasteiger partial charge on any atom is 0.410 e.